The van der Waals surface area contributed by atoms with Crippen molar-refractivity contribution >= 4 is 13.5 Å². The van der Waals surface area contributed by atoms with Crippen LogP contribution >= 0.6 is 7.52 Å². The summed E-state index contributed by atoms with van der Waals surface area (Å²) in [6.07, 6.45) is -4.77. The molecule has 0 saturated carbocycles. The van der Waals surface area contributed by atoms with Gasteiger partial charge in [-0.15, -0.1) is 0 Å². The summed E-state index contributed by atoms with van der Waals surface area (Å²) in [5.74, 6) is -0.701. The highest BCUT2D eigenvalue weighted by Gasteiger charge is 2.35. The quantitative estimate of drug-likeness (QED) is 0.495. The van der Waals surface area contributed by atoms with Crippen LogP contribution in [0.15, 0.2) is 0 Å². The molecule has 0 radical (unpaired) electrons. The van der Waals surface area contributed by atoms with Gasteiger partial charge in [0, 0.05) is 6.54 Å². The van der Waals surface area contributed by atoms with E-state index < -0.39 is 32.3 Å². The lowest BCUT2D eigenvalue weighted by molar-refractivity contribution is -0.153. The maximum atomic E-state index is 12.3. The van der Waals surface area contributed by atoms with Crippen molar-refractivity contribution in [2.75, 3.05) is 33.0 Å². The molecule has 0 aromatic heterocycles. The van der Waals surface area contributed by atoms with Gasteiger partial charge in [0.15, 0.2) is 6.61 Å². The Morgan fingerprint density at radius 2 is 2.00 bits per heavy atom. The Kier molecular flexibility index (Phi) is 8.34. The molecule has 0 aromatic rings. The molecule has 0 spiro atoms. The number of carbonyl (C=O) groups excluding carboxylic acids is 1. The molecule has 120 valence electrons. The van der Waals surface area contributed by atoms with E-state index in [2.05, 4.69) is 19.7 Å². The Balaban J connectivity index is 4.68. The van der Waals surface area contributed by atoms with E-state index in [0.29, 0.717) is 0 Å². The average molecular weight is 320 g/mol. The minimum Gasteiger partial charge on any atom is -0.465 e. The molecule has 0 fully saturated rings. The van der Waals surface area contributed by atoms with Crippen molar-refractivity contribution in [1.82, 2.24) is 10.4 Å². The first-order valence-electron chi connectivity index (χ1n) is 6.03. The molecule has 2 N–H and O–H groups in total. The van der Waals surface area contributed by atoms with Gasteiger partial charge in [0.2, 0.25) is 0 Å². The third-order valence-corrected chi connectivity index (χ3v) is 4.26. The third kappa shape index (κ3) is 8.52. The number of nitrogens with one attached hydrogen (secondary N) is 2. The van der Waals surface area contributed by atoms with Crippen molar-refractivity contribution in [3.63, 3.8) is 0 Å². The monoisotopic (exact) mass is 320 g/mol. The van der Waals surface area contributed by atoms with Crippen molar-refractivity contribution in [3.05, 3.63) is 0 Å². The molecule has 0 aliphatic rings. The molecular weight excluding hydrogens is 300 g/mol. The highest BCUT2D eigenvalue weighted by molar-refractivity contribution is 7.56. The number of rotatable bonds is 9. The minimum absolute atomic E-state index is 0.120. The lowest BCUT2D eigenvalue weighted by Gasteiger charge is -2.23. The largest absolute Gasteiger partial charge is 0.465 e. The van der Waals surface area contributed by atoms with E-state index in [9.17, 15) is 22.5 Å². The number of halogens is 3. The van der Waals surface area contributed by atoms with Crippen LogP contribution in [0.3, 0.4) is 0 Å². The summed E-state index contributed by atoms with van der Waals surface area (Å²) >= 11 is 0. The van der Waals surface area contributed by atoms with E-state index >= 15 is 0 Å². The maximum absolute atomic E-state index is 12.3. The molecule has 6 nitrogen and oxygen atoms in total. The van der Waals surface area contributed by atoms with E-state index in [4.69, 9.17) is 0 Å². The zero-order chi connectivity index (χ0) is 15.8. The van der Waals surface area contributed by atoms with Gasteiger partial charge in [0.1, 0.15) is 6.04 Å². The van der Waals surface area contributed by atoms with Crippen LogP contribution in [0.4, 0.5) is 13.2 Å². The Hall–Kier alpha value is -0.630. The highest BCUT2D eigenvalue weighted by atomic mass is 31.2. The molecular formula is C10H20F3N2O4P. The van der Waals surface area contributed by atoms with Gasteiger partial charge in [0.05, 0.1) is 12.8 Å². The first-order valence-corrected chi connectivity index (χ1v) is 7.84. The van der Waals surface area contributed by atoms with Crippen LogP contribution in [0.25, 0.3) is 0 Å². The molecule has 1 unspecified atom stereocenters. The van der Waals surface area contributed by atoms with Gasteiger partial charge in [-0.05, 0) is 20.9 Å². The fourth-order valence-electron chi connectivity index (χ4n) is 1.22. The molecule has 0 aliphatic heterocycles. The first kappa shape index (κ1) is 19.4. The number of hydrogen-bond donors (Lipinski definition) is 2. The Labute approximate surface area is 115 Å². The Morgan fingerprint density at radius 1 is 1.40 bits per heavy atom. The van der Waals surface area contributed by atoms with Gasteiger partial charge in [-0.1, -0.05) is 0 Å². The molecule has 0 bridgehead atoms. The van der Waals surface area contributed by atoms with E-state index in [1.54, 1.807) is 14.0 Å². The van der Waals surface area contributed by atoms with Crippen molar-refractivity contribution < 1.29 is 31.8 Å². The predicted octanol–water partition coefficient (Wildman–Crippen LogP) is 1.52. The summed E-state index contributed by atoms with van der Waals surface area (Å²) in [5, 5.41) is 4.96. The highest BCUT2D eigenvalue weighted by Crippen LogP contribution is 2.43. The number of carbonyl (C=O) groups is 1. The second-order valence-electron chi connectivity index (χ2n) is 3.99. The van der Waals surface area contributed by atoms with Crippen LogP contribution in [0.5, 0.6) is 0 Å². The van der Waals surface area contributed by atoms with Crippen LogP contribution in [0.2, 0.25) is 0 Å². The zero-order valence-electron chi connectivity index (χ0n) is 11.6. The minimum atomic E-state index is -4.59. The maximum Gasteiger partial charge on any atom is 0.412 e. The molecule has 0 amide bonds. The van der Waals surface area contributed by atoms with E-state index in [1.165, 1.54) is 6.92 Å². The van der Waals surface area contributed by atoms with Gasteiger partial charge >= 0.3 is 12.1 Å². The van der Waals surface area contributed by atoms with Gasteiger partial charge in [0.25, 0.3) is 7.52 Å². The SMILES string of the molecule is CCOC(=O)[C@H](C)NP(=O)(CCNC)OCC(F)(F)F. The van der Waals surface area contributed by atoms with Crippen LogP contribution < -0.4 is 10.4 Å². The predicted molar refractivity (Wildman–Crippen MR) is 67.6 cm³/mol. The number of alkyl halides is 3. The number of hydrogen-bond acceptors (Lipinski definition) is 5. The molecule has 20 heavy (non-hydrogen) atoms. The molecule has 0 aromatic carbocycles. The van der Waals surface area contributed by atoms with Crippen molar-refractivity contribution in [3.8, 4) is 0 Å². The summed E-state index contributed by atoms with van der Waals surface area (Å²) in [7, 11) is -2.24. The van der Waals surface area contributed by atoms with Gasteiger partial charge in [-0.3, -0.25) is 9.36 Å². The Bertz CT molecular complexity index is 352. The summed E-state index contributed by atoms with van der Waals surface area (Å²) in [5.41, 5.74) is 0. The van der Waals surface area contributed by atoms with Gasteiger partial charge < -0.3 is 14.6 Å². The molecule has 0 saturated heterocycles. The smallest absolute Gasteiger partial charge is 0.412 e. The summed E-state index contributed by atoms with van der Waals surface area (Å²) in [6.45, 7) is 1.59. The summed E-state index contributed by atoms with van der Waals surface area (Å²) < 4.78 is 57.8. The fraction of sp³-hybridized carbons (Fsp3) is 0.900. The lowest BCUT2D eigenvalue weighted by Crippen LogP contribution is -2.36. The Morgan fingerprint density at radius 3 is 2.45 bits per heavy atom. The molecule has 0 aliphatic carbocycles. The van der Waals surface area contributed by atoms with Crippen molar-refractivity contribution in [1.29, 1.82) is 0 Å². The van der Waals surface area contributed by atoms with E-state index in [1.807, 2.05) is 0 Å². The first-order chi connectivity index (χ1) is 9.13. The van der Waals surface area contributed by atoms with E-state index in [-0.39, 0.29) is 19.3 Å². The number of esters is 1. The fourth-order valence-corrected chi connectivity index (χ4v) is 3.12. The molecule has 0 rings (SSSR count). The van der Waals surface area contributed by atoms with Crippen LogP contribution in [0, 0.1) is 0 Å². The molecule has 10 heteroatoms. The summed E-state index contributed by atoms with van der Waals surface area (Å²) in [4.78, 5) is 11.4. The third-order valence-electron chi connectivity index (χ3n) is 2.12. The van der Waals surface area contributed by atoms with Gasteiger partial charge in [-0.2, -0.15) is 13.2 Å². The van der Waals surface area contributed by atoms with Crippen LogP contribution in [-0.2, 0) is 18.6 Å². The standard InChI is InChI=1S/C10H20F3N2O4P/c1-4-18-9(16)8(2)15-20(17,6-5-14-3)19-7-10(11,12)13/h8,14H,4-7H2,1-3H3,(H,15,17)/t8-,20?/m0/s1. The van der Waals surface area contributed by atoms with Gasteiger partial charge in [-0.25, -0.2) is 5.09 Å². The second-order valence-corrected chi connectivity index (χ2v) is 6.30. The molecule has 2 atom stereocenters. The number of ether oxygens (including phenoxy) is 1. The summed E-state index contributed by atoms with van der Waals surface area (Å²) in [6, 6.07) is -1.02. The normalized spacial score (nSPS) is 16.5. The van der Waals surface area contributed by atoms with Crippen LogP contribution in [0.1, 0.15) is 13.8 Å². The molecule has 0 heterocycles. The zero-order valence-corrected chi connectivity index (χ0v) is 12.5. The van der Waals surface area contributed by atoms with Crippen molar-refractivity contribution in [2.45, 2.75) is 26.1 Å². The second kappa shape index (κ2) is 8.61. The topological polar surface area (TPSA) is 76.7 Å². The van der Waals surface area contributed by atoms with Crippen molar-refractivity contribution in [2.24, 2.45) is 0 Å². The average Bonchev–Trinajstić information content (AvgIpc) is 2.34. The van der Waals surface area contributed by atoms with Crippen LogP contribution in [-0.4, -0.2) is 51.2 Å². The lowest BCUT2D eigenvalue weighted by atomic mass is 10.4. The van der Waals surface area contributed by atoms with E-state index in [0.717, 1.165) is 0 Å².